The largest absolute Gasteiger partial charge is 0.260 e. The molecule has 0 radical (unpaired) electrons. The summed E-state index contributed by atoms with van der Waals surface area (Å²) in [6.07, 6.45) is 1.92. The molecule has 0 unspecified atom stereocenters. The van der Waals surface area contributed by atoms with Crippen molar-refractivity contribution in [2.75, 3.05) is 0 Å². The van der Waals surface area contributed by atoms with E-state index in [1.807, 2.05) is 6.20 Å². The van der Waals surface area contributed by atoms with Crippen LogP contribution < -0.4 is 0 Å². The number of hydrogen-bond acceptors (Lipinski definition) is 1. The maximum absolute atomic E-state index is 4.48. The zero-order chi connectivity index (χ0) is 11.7. The molecule has 0 atom stereocenters. The first kappa shape index (κ1) is 11.1. The molecule has 1 aromatic heterocycles. The molecule has 1 aromatic carbocycles. The lowest BCUT2D eigenvalue weighted by atomic mass is 9.96. The van der Waals surface area contributed by atoms with Crippen molar-refractivity contribution in [3.8, 4) is 0 Å². The zero-order valence-corrected chi connectivity index (χ0v) is 10.5. The number of hydrogen-bond donors (Lipinski definition) is 0. The van der Waals surface area contributed by atoms with Gasteiger partial charge in [-0.1, -0.05) is 45.9 Å². The minimum Gasteiger partial charge on any atom is -0.260 e. The molecule has 2 aromatic rings. The Morgan fingerprint density at radius 3 is 2.31 bits per heavy atom. The molecule has 84 valence electrons. The van der Waals surface area contributed by atoms with Crippen LogP contribution in [0, 0.1) is 0 Å². The molecule has 0 amide bonds. The molecule has 0 bridgehead atoms. The summed E-state index contributed by atoms with van der Waals surface area (Å²) in [5, 5.41) is 2.60. The Bertz CT molecular complexity index is 498. The molecule has 0 spiro atoms. The van der Waals surface area contributed by atoms with Gasteiger partial charge < -0.3 is 0 Å². The predicted molar refractivity (Wildman–Crippen MR) is 69.9 cm³/mol. The molecule has 2 rings (SSSR count). The van der Waals surface area contributed by atoms with Gasteiger partial charge in [0.1, 0.15) is 0 Å². The third-order valence-corrected chi connectivity index (χ3v) is 3.03. The van der Waals surface area contributed by atoms with Gasteiger partial charge in [0.2, 0.25) is 0 Å². The van der Waals surface area contributed by atoms with Crippen molar-refractivity contribution >= 4 is 10.8 Å². The van der Waals surface area contributed by atoms with E-state index in [-0.39, 0.29) is 0 Å². The van der Waals surface area contributed by atoms with Crippen molar-refractivity contribution in [3.63, 3.8) is 0 Å². The van der Waals surface area contributed by atoms with Crippen LogP contribution in [0.1, 0.15) is 50.8 Å². The number of fused-ring (bicyclic) bond motifs is 1. The Hall–Kier alpha value is -1.37. The third kappa shape index (κ3) is 1.95. The molecule has 0 N–H and O–H groups in total. The van der Waals surface area contributed by atoms with Gasteiger partial charge in [-0.25, -0.2) is 0 Å². The number of aromatic nitrogens is 1. The van der Waals surface area contributed by atoms with Gasteiger partial charge in [-0.05, 0) is 28.9 Å². The van der Waals surface area contributed by atoms with Crippen molar-refractivity contribution in [2.45, 2.75) is 39.5 Å². The molecular weight excluding hydrogens is 194 g/mol. The zero-order valence-electron chi connectivity index (χ0n) is 10.5. The predicted octanol–water partition coefficient (Wildman–Crippen LogP) is 4.48. The van der Waals surface area contributed by atoms with E-state index in [1.54, 1.807) is 0 Å². The molecule has 0 aliphatic heterocycles. The van der Waals surface area contributed by atoms with E-state index in [2.05, 4.69) is 56.9 Å². The van der Waals surface area contributed by atoms with Crippen molar-refractivity contribution in [1.82, 2.24) is 4.98 Å². The highest BCUT2D eigenvalue weighted by atomic mass is 14.7. The molecule has 1 heterocycles. The summed E-state index contributed by atoms with van der Waals surface area (Å²) < 4.78 is 0. The summed E-state index contributed by atoms with van der Waals surface area (Å²) in [5.41, 5.74) is 2.60. The first-order valence-electron chi connectivity index (χ1n) is 5.98. The van der Waals surface area contributed by atoms with Crippen molar-refractivity contribution in [1.29, 1.82) is 0 Å². The topological polar surface area (TPSA) is 12.9 Å². The Kier molecular flexibility index (Phi) is 2.95. The minimum absolute atomic E-state index is 0.480. The lowest BCUT2D eigenvalue weighted by Gasteiger charge is -2.11. The average molecular weight is 213 g/mol. The lowest BCUT2D eigenvalue weighted by Crippen LogP contribution is -1.95. The fraction of sp³-hybridized carbons (Fsp3) is 0.400. The van der Waals surface area contributed by atoms with Gasteiger partial charge in [0, 0.05) is 11.6 Å². The second-order valence-electron chi connectivity index (χ2n) is 4.99. The smallest absolute Gasteiger partial charge is 0.0507 e. The molecule has 1 heteroatoms. The van der Waals surface area contributed by atoms with Gasteiger partial charge in [-0.2, -0.15) is 0 Å². The van der Waals surface area contributed by atoms with Crippen LogP contribution in [0.5, 0.6) is 0 Å². The van der Waals surface area contributed by atoms with E-state index in [0.29, 0.717) is 11.8 Å². The summed E-state index contributed by atoms with van der Waals surface area (Å²) in [6.45, 7) is 8.84. The van der Waals surface area contributed by atoms with Crippen LogP contribution in [0.2, 0.25) is 0 Å². The van der Waals surface area contributed by atoms with E-state index >= 15 is 0 Å². The van der Waals surface area contributed by atoms with Crippen LogP contribution >= 0.6 is 0 Å². The van der Waals surface area contributed by atoms with Crippen LogP contribution in [-0.4, -0.2) is 4.98 Å². The van der Waals surface area contributed by atoms with Crippen LogP contribution in [0.25, 0.3) is 10.8 Å². The Labute approximate surface area is 97.5 Å². The molecular formula is C15H19N. The van der Waals surface area contributed by atoms with E-state index in [0.717, 1.165) is 0 Å². The molecule has 0 aliphatic carbocycles. The number of nitrogens with zero attached hydrogens (tertiary/aromatic N) is 1. The van der Waals surface area contributed by atoms with Gasteiger partial charge in [-0.15, -0.1) is 0 Å². The maximum Gasteiger partial charge on any atom is 0.0507 e. The standard InChI is InChI=1S/C15H19N/c1-10(2)12-5-6-14-13(9-12)7-8-16-15(14)11(3)4/h5-11H,1-4H3. The fourth-order valence-electron chi connectivity index (χ4n) is 2.04. The second kappa shape index (κ2) is 4.25. The fourth-order valence-corrected chi connectivity index (χ4v) is 2.04. The number of rotatable bonds is 2. The van der Waals surface area contributed by atoms with Gasteiger partial charge in [0.15, 0.2) is 0 Å². The van der Waals surface area contributed by atoms with Crippen LogP contribution in [0.3, 0.4) is 0 Å². The number of benzene rings is 1. The summed E-state index contributed by atoms with van der Waals surface area (Å²) in [7, 11) is 0. The summed E-state index contributed by atoms with van der Waals surface area (Å²) in [4.78, 5) is 4.48. The second-order valence-corrected chi connectivity index (χ2v) is 4.99. The Morgan fingerprint density at radius 2 is 1.69 bits per heavy atom. The van der Waals surface area contributed by atoms with E-state index < -0.39 is 0 Å². The first-order chi connectivity index (χ1) is 7.59. The van der Waals surface area contributed by atoms with E-state index in [1.165, 1.54) is 22.0 Å². The quantitative estimate of drug-likeness (QED) is 0.716. The molecule has 0 aliphatic rings. The highest BCUT2D eigenvalue weighted by Crippen LogP contribution is 2.26. The maximum atomic E-state index is 4.48. The van der Waals surface area contributed by atoms with Gasteiger partial charge >= 0.3 is 0 Å². The van der Waals surface area contributed by atoms with Crippen molar-refractivity contribution in [3.05, 3.63) is 41.7 Å². The Morgan fingerprint density at radius 1 is 0.938 bits per heavy atom. The first-order valence-corrected chi connectivity index (χ1v) is 5.98. The summed E-state index contributed by atoms with van der Waals surface area (Å²) in [5.74, 6) is 1.06. The monoisotopic (exact) mass is 213 g/mol. The molecule has 0 saturated carbocycles. The van der Waals surface area contributed by atoms with Gasteiger partial charge in [0.25, 0.3) is 0 Å². The van der Waals surface area contributed by atoms with Crippen LogP contribution in [-0.2, 0) is 0 Å². The lowest BCUT2D eigenvalue weighted by molar-refractivity contribution is 0.833. The van der Waals surface area contributed by atoms with Gasteiger partial charge in [0.05, 0.1) is 5.69 Å². The highest BCUT2D eigenvalue weighted by molar-refractivity contribution is 5.85. The summed E-state index contributed by atoms with van der Waals surface area (Å²) in [6, 6.07) is 8.83. The molecule has 0 fully saturated rings. The molecule has 1 nitrogen and oxygen atoms in total. The van der Waals surface area contributed by atoms with Gasteiger partial charge in [-0.3, -0.25) is 4.98 Å². The SMILES string of the molecule is CC(C)c1ccc2c(C(C)C)nccc2c1. The van der Waals surface area contributed by atoms with Crippen LogP contribution in [0.15, 0.2) is 30.5 Å². The highest BCUT2D eigenvalue weighted by Gasteiger charge is 2.07. The Balaban J connectivity index is 2.64. The van der Waals surface area contributed by atoms with Crippen molar-refractivity contribution < 1.29 is 0 Å². The van der Waals surface area contributed by atoms with E-state index in [9.17, 15) is 0 Å². The summed E-state index contributed by atoms with van der Waals surface area (Å²) >= 11 is 0. The van der Waals surface area contributed by atoms with Crippen LogP contribution in [0.4, 0.5) is 0 Å². The minimum atomic E-state index is 0.480. The molecule has 0 saturated heterocycles. The van der Waals surface area contributed by atoms with E-state index in [4.69, 9.17) is 0 Å². The molecule has 16 heavy (non-hydrogen) atoms. The average Bonchev–Trinajstić information content (AvgIpc) is 2.27. The normalized spacial score (nSPS) is 11.6. The number of pyridine rings is 1. The van der Waals surface area contributed by atoms with Crippen molar-refractivity contribution in [2.24, 2.45) is 0 Å². The third-order valence-electron chi connectivity index (χ3n) is 3.03.